The topological polar surface area (TPSA) is 87.6 Å². The molecule has 0 saturated heterocycles. The first-order valence-electron chi connectivity index (χ1n) is 8.87. The molecule has 29 heavy (non-hydrogen) atoms. The van der Waals surface area contributed by atoms with E-state index in [0.717, 1.165) is 39.1 Å². The van der Waals surface area contributed by atoms with Gasteiger partial charge in [0.2, 0.25) is 5.13 Å². The second-order valence-corrected chi connectivity index (χ2v) is 7.03. The Morgan fingerprint density at radius 2 is 1.48 bits per heavy atom. The molecule has 4 rings (SSSR count). The molecule has 7 nitrogen and oxygen atoms in total. The Balaban J connectivity index is 1.60. The molecule has 0 aliphatic heterocycles. The van der Waals surface area contributed by atoms with Crippen molar-refractivity contribution in [2.24, 2.45) is 25.4 Å². The summed E-state index contributed by atoms with van der Waals surface area (Å²) >= 11 is 1.22. The van der Waals surface area contributed by atoms with E-state index in [2.05, 4.69) is 41.5 Å². The average molecular weight is 399 g/mol. The van der Waals surface area contributed by atoms with E-state index in [-0.39, 0.29) is 0 Å². The van der Waals surface area contributed by atoms with Crippen LogP contribution in [0, 0.1) is 13.8 Å². The lowest BCUT2D eigenvalue weighted by atomic mass is 10.1. The summed E-state index contributed by atoms with van der Waals surface area (Å²) in [6.45, 7) is 7.41. The van der Waals surface area contributed by atoms with Gasteiger partial charge >= 0.3 is 0 Å². The third-order valence-electron chi connectivity index (χ3n) is 4.26. The van der Waals surface area contributed by atoms with Gasteiger partial charge in [0.15, 0.2) is 0 Å². The SMILES string of the molecule is C=Nc1ccc(/N=N/c2ccc(/N=N/c3nc(C)ns3)c(C)c2)c2ccccc12. The summed E-state index contributed by atoms with van der Waals surface area (Å²) in [7, 11) is 0. The van der Waals surface area contributed by atoms with Crippen LogP contribution in [0.3, 0.4) is 0 Å². The van der Waals surface area contributed by atoms with Gasteiger partial charge in [0.05, 0.1) is 22.7 Å². The van der Waals surface area contributed by atoms with Crippen LogP contribution in [-0.4, -0.2) is 16.1 Å². The highest BCUT2D eigenvalue weighted by Crippen LogP contribution is 2.34. The van der Waals surface area contributed by atoms with Crippen LogP contribution in [0.5, 0.6) is 0 Å². The second-order valence-electron chi connectivity index (χ2n) is 6.30. The Morgan fingerprint density at radius 3 is 2.17 bits per heavy atom. The molecule has 0 N–H and O–H groups in total. The summed E-state index contributed by atoms with van der Waals surface area (Å²) in [4.78, 5) is 8.25. The fraction of sp³-hybridized carbons (Fsp3) is 0.0952. The highest BCUT2D eigenvalue weighted by atomic mass is 32.1. The Labute approximate surface area is 171 Å². The summed E-state index contributed by atoms with van der Waals surface area (Å²) in [5.41, 5.74) is 4.05. The molecule has 0 unspecified atom stereocenters. The number of azo groups is 2. The number of benzene rings is 3. The van der Waals surface area contributed by atoms with Crippen LogP contribution in [-0.2, 0) is 0 Å². The number of aromatic nitrogens is 2. The van der Waals surface area contributed by atoms with Gasteiger partial charge < -0.3 is 0 Å². The molecular formula is C21H17N7S. The van der Waals surface area contributed by atoms with E-state index in [9.17, 15) is 0 Å². The van der Waals surface area contributed by atoms with Crippen molar-refractivity contribution in [1.82, 2.24) is 9.36 Å². The highest BCUT2D eigenvalue weighted by molar-refractivity contribution is 7.09. The normalized spacial score (nSPS) is 11.7. The van der Waals surface area contributed by atoms with Crippen molar-refractivity contribution in [1.29, 1.82) is 0 Å². The second kappa shape index (κ2) is 8.15. The minimum absolute atomic E-state index is 0.537. The van der Waals surface area contributed by atoms with Gasteiger partial charge in [-0.1, -0.05) is 24.3 Å². The van der Waals surface area contributed by atoms with Gasteiger partial charge in [-0.25, -0.2) is 4.98 Å². The molecule has 0 saturated carbocycles. The zero-order valence-corrected chi connectivity index (χ0v) is 16.8. The number of fused-ring (bicyclic) bond motifs is 1. The largest absolute Gasteiger partial charge is 0.264 e. The van der Waals surface area contributed by atoms with Gasteiger partial charge in [0, 0.05) is 22.3 Å². The standard InChI is InChI=1S/C21H17N7S/c1-13-12-15(8-9-18(13)25-27-21-23-14(2)28-29-21)24-26-20-11-10-19(22-3)16-6-4-5-7-17(16)20/h4-12H,3H2,1-2H3/b26-24+,27-25+. The van der Waals surface area contributed by atoms with Crippen molar-refractivity contribution in [2.45, 2.75) is 13.8 Å². The van der Waals surface area contributed by atoms with Gasteiger partial charge in [0.25, 0.3) is 0 Å². The van der Waals surface area contributed by atoms with E-state index in [0.29, 0.717) is 11.0 Å². The summed E-state index contributed by atoms with van der Waals surface area (Å²) < 4.78 is 4.09. The Morgan fingerprint density at radius 1 is 0.793 bits per heavy atom. The first-order valence-corrected chi connectivity index (χ1v) is 9.64. The lowest BCUT2D eigenvalue weighted by Crippen LogP contribution is -1.76. The maximum atomic E-state index is 4.44. The van der Waals surface area contributed by atoms with Crippen molar-refractivity contribution in [3.8, 4) is 0 Å². The van der Waals surface area contributed by atoms with Crippen LogP contribution in [0.15, 0.2) is 80.0 Å². The lowest BCUT2D eigenvalue weighted by molar-refractivity contribution is 1.12. The van der Waals surface area contributed by atoms with Gasteiger partial charge in [-0.05, 0) is 56.5 Å². The summed E-state index contributed by atoms with van der Waals surface area (Å²) in [5, 5.41) is 19.7. The Hall–Kier alpha value is -3.65. The molecule has 3 aromatic carbocycles. The predicted octanol–water partition coefficient (Wildman–Crippen LogP) is 7.47. The monoisotopic (exact) mass is 399 g/mol. The van der Waals surface area contributed by atoms with E-state index in [1.54, 1.807) is 0 Å². The Kier molecular flexibility index (Phi) is 5.26. The first-order chi connectivity index (χ1) is 14.1. The van der Waals surface area contributed by atoms with Gasteiger partial charge in [0.1, 0.15) is 5.82 Å². The predicted molar refractivity (Wildman–Crippen MR) is 117 cm³/mol. The molecule has 0 fully saturated rings. The fourth-order valence-corrected chi connectivity index (χ4v) is 3.35. The van der Waals surface area contributed by atoms with Crippen LogP contribution in [0.25, 0.3) is 10.8 Å². The van der Waals surface area contributed by atoms with Crippen LogP contribution in [0.2, 0.25) is 0 Å². The average Bonchev–Trinajstić information content (AvgIpc) is 3.16. The number of hydrogen-bond acceptors (Lipinski definition) is 8. The molecule has 142 valence electrons. The quantitative estimate of drug-likeness (QED) is 0.257. The summed E-state index contributed by atoms with van der Waals surface area (Å²) in [6, 6.07) is 17.4. The van der Waals surface area contributed by atoms with Crippen molar-refractivity contribution >= 4 is 56.9 Å². The fourth-order valence-electron chi connectivity index (χ4n) is 2.84. The van der Waals surface area contributed by atoms with Gasteiger partial charge in [-0.2, -0.15) is 9.49 Å². The molecule has 4 aromatic rings. The molecule has 1 aromatic heterocycles. The summed E-state index contributed by atoms with van der Waals surface area (Å²) in [6.07, 6.45) is 0. The molecule has 0 aliphatic rings. The first kappa shape index (κ1) is 18.7. The third-order valence-corrected chi connectivity index (χ3v) is 4.95. The van der Waals surface area contributed by atoms with E-state index >= 15 is 0 Å². The van der Waals surface area contributed by atoms with Crippen LogP contribution in [0.1, 0.15) is 11.4 Å². The molecule has 0 amide bonds. The highest BCUT2D eigenvalue weighted by Gasteiger charge is 2.05. The molecule has 0 aliphatic carbocycles. The van der Waals surface area contributed by atoms with Gasteiger partial charge in [-0.3, -0.25) is 4.99 Å². The molecule has 8 heteroatoms. The van der Waals surface area contributed by atoms with E-state index < -0.39 is 0 Å². The zero-order chi connectivity index (χ0) is 20.2. The van der Waals surface area contributed by atoms with E-state index in [1.165, 1.54) is 11.5 Å². The van der Waals surface area contributed by atoms with E-state index in [1.807, 2.05) is 68.4 Å². The van der Waals surface area contributed by atoms with Gasteiger partial charge in [-0.15, -0.1) is 15.3 Å². The van der Waals surface area contributed by atoms with Crippen LogP contribution in [0.4, 0.5) is 27.9 Å². The number of aryl methyl sites for hydroxylation is 2. The smallest absolute Gasteiger partial charge is 0.249 e. The number of nitrogens with zero attached hydrogens (tertiary/aromatic N) is 7. The maximum absolute atomic E-state index is 4.44. The summed E-state index contributed by atoms with van der Waals surface area (Å²) in [5.74, 6) is 0.695. The van der Waals surface area contributed by atoms with Crippen LogP contribution >= 0.6 is 11.5 Å². The number of hydrogen-bond donors (Lipinski definition) is 0. The molecule has 0 bridgehead atoms. The minimum Gasteiger partial charge on any atom is -0.264 e. The van der Waals surface area contributed by atoms with Crippen molar-refractivity contribution in [3.05, 3.63) is 66.0 Å². The zero-order valence-electron chi connectivity index (χ0n) is 15.9. The van der Waals surface area contributed by atoms with E-state index in [4.69, 9.17) is 0 Å². The molecule has 1 heterocycles. The minimum atomic E-state index is 0.537. The molecule has 0 radical (unpaired) electrons. The van der Waals surface area contributed by atoms with Crippen molar-refractivity contribution in [2.75, 3.05) is 0 Å². The Bertz CT molecular complexity index is 1260. The van der Waals surface area contributed by atoms with Crippen LogP contribution < -0.4 is 0 Å². The molecule has 0 atom stereocenters. The maximum Gasteiger partial charge on any atom is 0.249 e. The van der Waals surface area contributed by atoms with Crippen molar-refractivity contribution < 1.29 is 0 Å². The molecular weight excluding hydrogens is 382 g/mol. The number of rotatable bonds is 5. The van der Waals surface area contributed by atoms with Crippen molar-refractivity contribution in [3.63, 3.8) is 0 Å². The third kappa shape index (κ3) is 4.12. The number of aliphatic imine (C=N–C) groups is 1. The molecule has 0 spiro atoms. The lowest BCUT2D eigenvalue weighted by Gasteiger charge is -2.04.